The summed E-state index contributed by atoms with van der Waals surface area (Å²) in [4.78, 5) is 12.1. The molecule has 3 heteroatoms. The topological polar surface area (TPSA) is 41.1 Å². The van der Waals surface area contributed by atoms with Gasteiger partial charge in [-0.3, -0.25) is 0 Å². The van der Waals surface area contributed by atoms with Crippen LogP contribution in [-0.2, 0) is 12.8 Å². The van der Waals surface area contributed by atoms with Gasteiger partial charge < -0.3 is 10.6 Å². The zero-order chi connectivity index (χ0) is 15.5. The minimum absolute atomic E-state index is 0.0829. The third-order valence-electron chi connectivity index (χ3n) is 3.98. The summed E-state index contributed by atoms with van der Waals surface area (Å²) < 4.78 is 0. The number of nitrogens with one attached hydrogen (secondary N) is 2. The molecule has 1 aliphatic rings. The van der Waals surface area contributed by atoms with Crippen LogP contribution in [-0.4, -0.2) is 11.6 Å². The van der Waals surface area contributed by atoms with E-state index >= 15 is 0 Å². The average molecular weight is 288 g/mol. The number of urea groups is 1. The molecule has 0 spiro atoms. The molecule has 0 fully saturated rings. The maximum Gasteiger partial charge on any atom is 0.315 e. The Morgan fingerprint density at radius 3 is 2.48 bits per heavy atom. The van der Waals surface area contributed by atoms with E-state index in [2.05, 4.69) is 35.8 Å². The van der Waals surface area contributed by atoms with E-state index in [1.54, 1.807) is 0 Å². The van der Waals surface area contributed by atoms with Crippen LogP contribution in [0.3, 0.4) is 0 Å². The van der Waals surface area contributed by atoms with E-state index in [1.165, 1.54) is 42.4 Å². The molecular weight excluding hydrogens is 260 g/mol. The lowest BCUT2D eigenvalue weighted by Crippen LogP contribution is -2.47. The fraction of sp³-hybridized carbons (Fsp3) is 0.611. The van der Waals surface area contributed by atoms with Crippen molar-refractivity contribution in [1.82, 2.24) is 10.6 Å². The second kappa shape index (κ2) is 6.50. The predicted molar refractivity (Wildman–Crippen MR) is 87.5 cm³/mol. The summed E-state index contributed by atoms with van der Waals surface area (Å²) in [6.45, 7) is 8.09. The highest BCUT2D eigenvalue weighted by Crippen LogP contribution is 2.26. The van der Waals surface area contributed by atoms with Crippen molar-refractivity contribution in [2.45, 2.75) is 71.4 Å². The molecule has 0 aliphatic heterocycles. The van der Waals surface area contributed by atoms with Crippen molar-refractivity contribution in [3.8, 4) is 0 Å². The van der Waals surface area contributed by atoms with Gasteiger partial charge in [-0.1, -0.05) is 25.1 Å². The minimum Gasteiger partial charge on any atom is -0.334 e. The third kappa shape index (κ3) is 4.48. The van der Waals surface area contributed by atoms with Crippen LogP contribution in [0.4, 0.5) is 4.79 Å². The molecule has 0 radical (unpaired) electrons. The van der Waals surface area contributed by atoms with E-state index in [1.807, 2.05) is 20.8 Å². The summed E-state index contributed by atoms with van der Waals surface area (Å²) in [6, 6.07) is 6.71. The molecule has 1 unspecified atom stereocenters. The number of aryl methyl sites for hydroxylation is 2. The molecule has 2 rings (SSSR count). The van der Waals surface area contributed by atoms with E-state index in [4.69, 9.17) is 0 Å². The second-order valence-corrected chi connectivity index (χ2v) is 7.04. The highest BCUT2D eigenvalue weighted by molar-refractivity contribution is 5.75. The van der Waals surface area contributed by atoms with E-state index in [9.17, 15) is 4.79 Å². The third-order valence-corrected chi connectivity index (χ3v) is 3.98. The average Bonchev–Trinajstić information content (AvgIpc) is 2.42. The summed E-state index contributed by atoms with van der Waals surface area (Å²) in [5.41, 5.74) is 3.97. The van der Waals surface area contributed by atoms with Crippen LogP contribution < -0.4 is 10.6 Å². The van der Waals surface area contributed by atoms with Gasteiger partial charge in [-0.15, -0.1) is 0 Å². The molecule has 0 heterocycles. The van der Waals surface area contributed by atoms with Gasteiger partial charge in [0.05, 0.1) is 6.04 Å². The molecule has 1 atom stereocenters. The van der Waals surface area contributed by atoms with Gasteiger partial charge in [0.1, 0.15) is 0 Å². The first-order valence-electron chi connectivity index (χ1n) is 8.09. The van der Waals surface area contributed by atoms with Crippen LogP contribution in [0, 0.1) is 0 Å². The van der Waals surface area contributed by atoms with Crippen molar-refractivity contribution in [3.05, 3.63) is 34.9 Å². The van der Waals surface area contributed by atoms with Gasteiger partial charge >= 0.3 is 6.03 Å². The van der Waals surface area contributed by atoms with Crippen molar-refractivity contribution in [3.63, 3.8) is 0 Å². The zero-order valence-electron chi connectivity index (χ0n) is 13.8. The summed E-state index contributed by atoms with van der Waals surface area (Å²) in [6.07, 6.45) is 5.86. The Morgan fingerprint density at radius 1 is 1.19 bits per heavy atom. The normalized spacial score (nSPS) is 16.0. The molecule has 0 bridgehead atoms. The van der Waals surface area contributed by atoms with Crippen LogP contribution in [0.1, 0.15) is 69.7 Å². The highest BCUT2D eigenvalue weighted by atomic mass is 16.2. The lowest BCUT2D eigenvalue weighted by molar-refractivity contribution is 0.227. The zero-order valence-corrected chi connectivity index (χ0v) is 13.8. The first-order valence-corrected chi connectivity index (χ1v) is 8.09. The molecule has 2 amide bonds. The Hall–Kier alpha value is -1.51. The van der Waals surface area contributed by atoms with Gasteiger partial charge in [0.15, 0.2) is 0 Å². The number of hydrogen-bond acceptors (Lipinski definition) is 1. The summed E-state index contributed by atoms with van der Waals surface area (Å²) in [5.74, 6) is 0. The second-order valence-electron chi connectivity index (χ2n) is 7.04. The molecule has 0 aromatic heterocycles. The molecule has 1 aromatic carbocycles. The number of amides is 2. The van der Waals surface area contributed by atoms with Crippen molar-refractivity contribution in [1.29, 1.82) is 0 Å². The Bertz CT molecular complexity index is 502. The van der Waals surface area contributed by atoms with Crippen molar-refractivity contribution < 1.29 is 4.79 Å². The van der Waals surface area contributed by atoms with Gasteiger partial charge in [-0.2, -0.15) is 0 Å². The van der Waals surface area contributed by atoms with Crippen LogP contribution in [0.15, 0.2) is 18.2 Å². The van der Waals surface area contributed by atoms with Crippen LogP contribution >= 0.6 is 0 Å². The molecule has 3 nitrogen and oxygen atoms in total. The lowest BCUT2D eigenvalue weighted by atomic mass is 9.89. The van der Waals surface area contributed by atoms with Gasteiger partial charge in [-0.25, -0.2) is 4.79 Å². The standard InChI is InChI=1S/C18H28N2O/c1-5-16(19-17(21)20-18(2,3)4)15-11-10-13-8-6-7-9-14(13)12-15/h10-12,16H,5-9H2,1-4H3,(H2,19,20,21). The number of hydrogen-bond donors (Lipinski definition) is 2. The molecule has 116 valence electrons. The van der Waals surface area contributed by atoms with E-state index in [0.717, 1.165) is 6.42 Å². The Labute approximate surface area is 128 Å². The number of carbonyl (C=O) groups is 1. The maximum atomic E-state index is 12.1. The molecule has 0 saturated carbocycles. The van der Waals surface area contributed by atoms with Gasteiger partial charge in [0.2, 0.25) is 0 Å². The Morgan fingerprint density at radius 2 is 1.86 bits per heavy atom. The SMILES string of the molecule is CCC(NC(=O)NC(C)(C)C)c1ccc2c(c1)CCCC2. The molecular formula is C18H28N2O. The fourth-order valence-corrected chi connectivity index (χ4v) is 2.93. The summed E-state index contributed by atoms with van der Waals surface area (Å²) in [7, 11) is 0. The smallest absolute Gasteiger partial charge is 0.315 e. The van der Waals surface area contributed by atoms with Crippen LogP contribution in [0.25, 0.3) is 0 Å². The van der Waals surface area contributed by atoms with Crippen LogP contribution in [0.5, 0.6) is 0 Å². The van der Waals surface area contributed by atoms with Gasteiger partial charge in [0, 0.05) is 5.54 Å². The maximum absolute atomic E-state index is 12.1. The van der Waals surface area contributed by atoms with Crippen molar-refractivity contribution in [2.75, 3.05) is 0 Å². The Balaban J connectivity index is 2.08. The molecule has 21 heavy (non-hydrogen) atoms. The molecule has 1 aliphatic carbocycles. The van der Waals surface area contributed by atoms with Crippen molar-refractivity contribution in [2.24, 2.45) is 0 Å². The van der Waals surface area contributed by atoms with E-state index in [-0.39, 0.29) is 17.6 Å². The summed E-state index contributed by atoms with van der Waals surface area (Å²) >= 11 is 0. The fourth-order valence-electron chi connectivity index (χ4n) is 2.93. The summed E-state index contributed by atoms with van der Waals surface area (Å²) in [5, 5.41) is 6.06. The minimum atomic E-state index is -0.210. The largest absolute Gasteiger partial charge is 0.334 e. The molecule has 2 N–H and O–H groups in total. The van der Waals surface area contributed by atoms with Crippen LogP contribution in [0.2, 0.25) is 0 Å². The first kappa shape index (κ1) is 15.9. The number of fused-ring (bicyclic) bond motifs is 1. The monoisotopic (exact) mass is 288 g/mol. The quantitative estimate of drug-likeness (QED) is 0.863. The number of benzene rings is 1. The molecule has 0 saturated heterocycles. The lowest BCUT2D eigenvalue weighted by Gasteiger charge is -2.25. The molecule has 1 aromatic rings. The van der Waals surface area contributed by atoms with Crippen molar-refractivity contribution >= 4 is 6.03 Å². The Kier molecular flexibility index (Phi) is 4.92. The first-order chi connectivity index (χ1) is 9.89. The highest BCUT2D eigenvalue weighted by Gasteiger charge is 2.19. The number of rotatable bonds is 3. The predicted octanol–water partition coefficient (Wildman–Crippen LogP) is 4.11. The van der Waals surface area contributed by atoms with Gasteiger partial charge in [-0.05, 0) is 69.6 Å². The van der Waals surface area contributed by atoms with E-state index < -0.39 is 0 Å². The van der Waals surface area contributed by atoms with Gasteiger partial charge in [0.25, 0.3) is 0 Å². The van der Waals surface area contributed by atoms with E-state index in [0.29, 0.717) is 0 Å². The number of carbonyl (C=O) groups excluding carboxylic acids is 1.